The Morgan fingerprint density at radius 1 is 1.04 bits per heavy atom. The van der Waals surface area contributed by atoms with Gasteiger partial charge in [0.2, 0.25) is 5.91 Å². The number of benzene rings is 2. The van der Waals surface area contributed by atoms with Gasteiger partial charge in [0.1, 0.15) is 0 Å². The average molecular weight is 358 g/mol. The van der Waals surface area contributed by atoms with Crippen molar-refractivity contribution in [1.82, 2.24) is 10.2 Å². The van der Waals surface area contributed by atoms with Crippen LogP contribution < -0.4 is 10.2 Å². The van der Waals surface area contributed by atoms with Crippen molar-refractivity contribution in [2.45, 2.75) is 19.5 Å². The summed E-state index contributed by atoms with van der Waals surface area (Å²) in [6.45, 7) is 6.01. The van der Waals surface area contributed by atoms with Crippen molar-refractivity contribution < 1.29 is 4.79 Å². The predicted molar refractivity (Wildman–Crippen MR) is 103 cm³/mol. The first-order chi connectivity index (χ1) is 12.1. The minimum absolute atomic E-state index is 0.0787. The molecule has 1 fully saturated rings. The largest absolute Gasteiger partial charge is 0.368 e. The molecule has 1 N–H and O–H groups in total. The summed E-state index contributed by atoms with van der Waals surface area (Å²) < 4.78 is 0. The number of para-hydroxylation sites is 1. The second-order valence-corrected chi connectivity index (χ2v) is 6.76. The average Bonchev–Trinajstić information content (AvgIpc) is 2.67. The molecule has 1 heterocycles. The zero-order chi connectivity index (χ0) is 17.6. The second kappa shape index (κ2) is 8.37. The van der Waals surface area contributed by atoms with Gasteiger partial charge in [-0.2, -0.15) is 0 Å². The molecule has 0 aliphatic carbocycles. The van der Waals surface area contributed by atoms with Crippen LogP contribution in [0.3, 0.4) is 0 Å². The van der Waals surface area contributed by atoms with Gasteiger partial charge in [-0.1, -0.05) is 54.1 Å². The van der Waals surface area contributed by atoms with Gasteiger partial charge in [0.25, 0.3) is 0 Å². The fraction of sp³-hybridized carbons (Fsp3) is 0.350. The van der Waals surface area contributed by atoms with E-state index in [1.807, 2.05) is 61.5 Å². The summed E-state index contributed by atoms with van der Waals surface area (Å²) in [5.41, 5.74) is 2.19. The van der Waals surface area contributed by atoms with Crippen molar-refractivity contribution in [1.29, 1.82) is 0 Å². The Morgan fingerprint density at radius 3 is 2.36 bits per heavy atom. The summed E-state index contributed by atoms with van der Waals surface area (Å²) in [4.78, 5) is 16.9. The van der Waals surface area contributed by atoms with E-state index < -0.39 is 0 Å². The van der Waals surface area contributed by atoms with Crippen molar-refractivity contribution in [3.63, 3.8) is 0 Å². The highest BCUT2D eigenvalue weighted by molar-refractivity contribution is 6.33. The van der Waals surface area contributed by atoms with Gasteiger partial charge in [-0.05, 0) is 24.6 Å². The van der Waals surface area contributed by atoms with Crippen LogP contribution in [0.5, 0.6) is 0 Å². The van der Waals surface area contributed by atoms with E-state index in [0.29, 0.717) is 6.54 Å². The first kappa shape index (κ1) is 17.8. The Kier molecular flexibility index (Phi) is 5.95. The fourth-order valence-corrected chi connectivity index (χ4v) is 3.41. The lowest BCUT2D eigenvalue weighted by Gasteiger charge is -2.38. The third-order valence-corrected chi connectivity index (χ3v) is 5.06. The molecular formula is C20H24ClN3O. The third-order valence-electron chi connectivity index (χ3n) is 4.74. The topological polar surface area (TPSA) is 35.6 Å². The Balaban J connectivity index is 1.50. The molecule has 5 heteroatoms. The number of piperazine rings is 1. The lowest BCUT2D eigenvalue weighted by Crippen LogP contribution is -2.53. The molecule has 1 amide bonds. The first-order valence-electron chi connectivity index (χ1n) is 8.70. The van der Waals surface area contributed by atoms with Crippen molar-refractivity contribution in [3.05, 3.63) is 65.2 Å². The number of hydrogen-bond acceptors (Lipinski definition) is 3. The predicted octanol–water partition coefficient (Wildman–Crippen LogP) is 3.17. The van der Waals surface area contributed by atoms with Crippen LogP contribution in [-0.4, -0.2) is 43.0 Å². The van der Waals surface area contributed by atoms with Gasteiger partial charge in [-0.15, -0.1) is 0 Å². The zero-order valence-electron chi connectivity index (χ0n) is 14.5. The summed E-state index contributed by atoms with van der Waals surface area (Å²) in [6.07, 6.45) is 0. The Labute approximate surface area is 154 Å². The Hall–Kier alpha value is -2.04. The number of amides is 1. The molecule has 0 bridgehead atoms. The van der Waals surface area contributed by atoms with E-state index in [0.717, 1.165) is 42.5 Å². The van der Waals surface area contributed by atoms with Crippen molar-refractivity contribution >= 4 is 23.2 Å². The van der Waals surface area contributed by atoms with E-state index in [9.17, 15) is 4.79 Å². The smallest absolute Gasteiger partial charge is 0.237 e. The van der Waals surface area contributed by atoms with E-state index in [1.54, 1.807) is 0 Å². The summed E-state index contributed by atoms with van der Waals surface area (Å²) >= 11 is 6.29. The van der Waals surface area contributed by atoms with Gasteiger partial charge in [0, 0.05) is 32.7 Å². The zero-order valence-corrected chi connectivity index (χ0v) is 15.2. The number of hydrogen-bond donors (Lipinski definition) is 1. The van der Waals surface area contributed by atoms with Gasteiger partial charge in [-0.3, -0.25) is 9.69 Å². The highest BCUT2D eigenvalue weighted by Gasteiger charge is 2.26. The summed E-state index contributed by atoms with van der Waals surface area (Å²) in [7, 11) is 0. The molecule has 3 rings (SSSR count). The van der Waals surface area contributed by atoms with Crippen LogP contribution in [0.1, 0.15) is 12.5 Å². The highest BCUT2D eigenvalue weighted by Crippen LogP contribution is 2.26. The number of rotatable bonds is 5. The van der Waals surface area contributed by atoms with Crippen LogP contribution >= 0.6 is 11.6 Å². The number of carbonyl (C=O) groups is 1. The van der Waals surface area contributed by atoms with E-state index in [4.69, 9.17) is 11.6 Å². The maximum Gasteiger partial charge on any atom is 0.237 e. The molecular weight excluding hydrogens is 334 g/mol. The number of carbonyl (C=O) groups excluding carboxylic acids is 1. The van der Waals surface area contributed by atoms with E-state index >= 15 is 0 Å². The molecule has 1 atom stereocenters. The van der Waals surface area contributed by atoms with Crippen LogP contribution in [0, 0.1) is 0 Å². The molecule has 2 aromatic carbocycles. The Morgan fingerprint density at radius 2 is 1.68 bits per heavy atom. The van der Waals surface area contributed by atoms with Crippen LogP contribution in [0.4, 0.5) is 5.69 Å². The number of halogens is 1. The minimum atomic E-state index is -0.128. The van der Waals surface area contributed by atoms with E-state index in [1.165, 1.54) is 0 Å². The summed E-state index contributed by atoms with van der Waals surface area (Å²) in [6, 6.07) is 17.8. The van der Waals surface area contributed by atoms with Crippen molar-refractivity contribution in [3.8, 4) is 0 Å². The molecule has 4 nitrogen and oxygen atoms in total. The van der Waals surface area contributed by atoms with Crippen LogP contribution in [0.2, 0.25) is 5.02 Å². The molecule has 1 aliphatic heterocycles. The number of anilines is 1. The second-order valence-electron chi connectivity index (χ2n) is 6.35. The minimum Gasteiger partial charge on any atom is -0.368 e. The van der Waals surface area contributed by atoms with Gasteiger partial charge in [0.15, 0.2) is 0 Å². The Bertz CT molecular complexity index is 699. The highest BCUT2D eigenvalue weighted by atomic mass is 35.5. The van der Waals surface area contributed by atoms with Crippen molar-refractivity contribution in [2.75, 3.05) is 31.1 Å². The molecule has 0 spiro atoms. The molecule has 132 valence electrons. The third kappa shape index (κ3) is 4.53. The SMILES string of the molecule is C[C@@H](C(=O)NCc1ccccc1)N1CCN(c2ccccc2Cl)CC1. The molecule has 0 saturated carbocycles. The molecule has 0 aromatic heterocycles. The van der Waals surface area contributed by atoms with Gasteiger partial charge in [0.05, 0.1) is 16.8 Å². The molecule has 0 radical (unpaired) electrons. The van der Waals surface area contributed by atoms with Crippen LogP contribution in [0.15, 0.2) is 54.6 Å². The van der Waals surface area contributed by atoms with Crippen molar-refractivity contribution in [2.24, 2.45) is 0 Å². The van der Waals surface area contributed by atoms with Gasteiger partial charge >= 0.3 is 0 Å². The monoisotopic (exact) mass is 357 g/mol. The lowest BCUT2D eigenvalue weighted by atomic mass is 10.2. The quantitative estimate of drug-likeness (QED) is 0.892. The maximum atomic E-state index is 12.4. The van der Waals surface area contributed by atoms with Gasteiger partial charge in [-0.25, -0.2) is 0 Å². The van der Waals surface area contributed by atoms with E-state index in [-0.39, 0.29) is 11.9 Å². The normalized spacial score (nSPS) is 16.5. The molecule has 2 aromatic rings. The van der Waals surface area contributed by atoms with Crippen LogP contribution in [0.25, 0.3) is 0 Å². The molecule has 25 heavy (non-hydrogen) atoms. The summed E-state index contributed by atoms with van der Waals surface area (Å²) in [5.74, 6) is 0.0787. The molecule has 1 saturated heterocycles. The number of nitrogens with zero attached hydrogens (tertiary/aromatic N) is 2. The molecule has 1 aliphatic rings. The molecule has 0 unspecified atom stereocenters. The standard InChI is InChI=1S/C20H24ClN3O/c1-16(20(25)22-15-17-7-3-2-4-8-17)23-11-13-24(14-12-23)19-10-6-5-9-18(19)21/h2-10,16H,11-15H2,1H3,(H,22,25)/t16-/m0/s1. The summed E-state index contributed by atoms with van der Waals surface area (Å²) in [5, 5.41) is 3.81. The first-order valence-corrected chi connectivity index (χ1v) is 9.08. The van der Waals surface area contributed by atoms with E-state index in [2.05, 4.69) is 15.1 Å². The lowest BCUT2D eigenvalue weighted by molar-refractivity contribution is -0.126. The number of nitrogens with one attached hydrogen (secondary N) is 1. The fourth-order valence-electron chi connectivity index (χ4n) is 3.16. The maximum absolute atomic E-state index is 12.4. The van der Waals surface area contributed by atoms with Crippen LogP contribution in [-0.2, 0) is 11.3 Å². The van der Waals surface area contributed by atoms with Gasteiger partial charge < -0.3 is 10.2 Å².